The van der Waals surface area contributed by atoms with E-state index in [1.54, 1.807) is 0 Å². The van der Waals surface area contributed by atoms with E-state index in [4.69, 9.17) is 10.8 Å². The maximum Gasteiger partial charge on any atom is 1.00 e. The minimum atomic E-state index is -1.44. The van der Waals surface area contributed by atoms with Gasteiger partial charge in [0.2, 0.25) is 0 Å². The fourth-order valence-electron chi connectivity index (χ4n) is 0.717. The summed E-state index contributed by atoms with van der Waals surface area (Å²) in [6.07, 6.45) is 0. The molecule has 5 heteroatoms. The Morgan fingerprint density at radius 1 is 1.50 bits per heavy atom. The molecule has 58 valence electrons. The number of nitrogens with two attached hydrogens (primary N) is 1. The number of anilines is 1. The average molecular weight is 175 g/mol. The summed E-state index contributed by atoms with van der Waals surface area (Å²) in [4.78, 5) is 10.2. The molecule has 0 saturated heterocycles. The largest absolute Gasteiger partial charge is 1.00 e. The molecule has 0 spiro atoms. The van der Waals surface area contributed by atoms with Gasteiger partial charge in [-0.2, -0.15) is 0 Å². The molecule has 0 aromatic heterocycles. The molecule has 0 aliphatic heterocycles. The van der Waals surface area contributed by atoms with Gasteiger partial charge < -0.3 is 20.7 Å². The van der Waals surface area contributed by atoms with E-state index in [0.717, 1.165) is 6.07 Å². The predicted molar refractivity (Wildman–Crippen MR) is 36.8 cm³/mol. The van der Waals surface area contributed by atoms with Gasteiger partial charge in [0.05, 0.1) is 5.97 Å². The third-order valence-corrected chi connectivity index (χ3v) is 1.24. The maximum atomic E-state index is 10.2. The van der Waals surface area contributed by atoms with Crippen molar-refractivity contribution in [2.45, 2.75) is 0 Å². The van der Waals surface area contributed by atoms with Crippen molar-refractivity contribution in [2.75, 3.05) is 5.73 Å². The molecule has 0 heterocycles. The van der Waals surface area contributed by atoms with E-state index in [9.17, 15) is 9.90 Å². The van der Waals surface area contributed by atoms with Gasteiger partial charge in [-0.15, -0.1) is 0 Å². The Labute approximate surface area is 91.3 Å². The van der Waals surface area contributed by atoms with Crippen molar-refractivity contribution in [3.05, 3.63) is 23.8 Å². The number of carbonyl (C=O) groups excluding carboxylic acids is 1. The van der Waals surface area contributed by atoms with Crippen LogP contribution in [0.3, 0.4) is 0 Å². The van der Waals surface area contributed by atoms with Gasteiger partial charge >= 0.3 is 29.6 Å². The first-order valence-electron chi connectivity index (χ1n) is 2.91. The topological polar surface area (TPSA) is 86.4 Å². The van der Waals surface area contributed by atoms with Gasteiger partial charge in [0, 0.05) is 11.3 Å². The summed E-state index contributed by atoms with van der Waals surface area (Å²) in [5.41, 5.74) is 5.26. The second-order valence-electron chi connectivity index (χ2n) is 2.06. The number of rotatable bonds is 1. The van der Waals surface area contributed by atoms with Crippen LogP contribution < -0.4 is 40.4 Å². The van der Waals surface area contributed by atoms with Crippen LogP contribution in [0.5, 0.6) is 5.75 Å². The van der Waals surface area contributed by atoms with Gasteiger partial charge in [-0.3, -0.25) is 0 Å². The Morgan fingerprint density at radius 3 is 2.50 bits per heavy atom. The molecule has 0 unspecified atom stereocenters. The molecule has 0 saturated carbocycles. The van der Waals surface area contributed by atoms with E-state index in [1.165, 1.54) is 12.1 Å². The van der Waals surface area contributed by atoms with Gasteiger partial charge in [0.25, 0.3) is 0 Å². The van der Waals surface area contributed by atoms with Crippen molar-refractivity contribution in [3.8, 4) is 5.75 Å². The zero-order valence-electron chi connectivity index (χ0n) is 6.57. The Balaban J connectivity index is 0.00000121. The summed E-state index contributed by atoms with van der Waals surface area (Å²) < 4.78 is 0. The van der Waals surface area contributed by atoms with Crippen molar-refractivity contribution in [2.24, 2.45) is 0 Å². The van der Waals surface area contributed by atoms with Crippen molar-refractivity contribution < 1.29 is 44.6 Å². The summed E-state index contributed by atoms with van der Waals surface area (Å²) in [6, 6.07) is 3.76. The molecule has 4 nitrogen and oxygen atoms in total. The van der Waals surface area contributed by atoms with Crippen LogP contribution in [0.2, 0.25) is 0 Å². The van der Waals surface area contributed by atoms with Crippen LogP contribution in [0.15, 0.2) is 18.2 Å². The van der Waals surface area contributed by atoms with Gasteiger partial charge in [-0.1, -0.05) is 0 Å². The zero-order chi connectivity index (χ0) is 8.43. The van der Waals surface area contributed by atoms with Crippen LogP contribution in [0.1, 0.15) is 10.4 Å². The van der Waals surface area contributed by atoms with Crippen molar-refractivity contribution in [3.63, 3.8) is 0 Å². The van der Waals surface area contributed by atoms with Gasteiger partial charge in [0.1, 0.15) is 5.75 Å². The first kappa shape index (κ1) is 11.3. The number of aromatic hydroxyl groups is 1. The third kappa shape index (κ3) is 2.41. The number of carboxylic acids is 1. The van der Waals surface area contributed by atoms with Gasteiger partial charge in [-0.25, -0.2) is 0 Å². The molecule has 3 N–H and O–H groups in total. The summed E-state index contributed by atoms with van der Waals surface area (Å²) in [6.45, 7) is 0. The Morgan fingerprint density at radius 2 is 2.08 bits per heavy atom. The molecule has 1 aromatic rings. The summed E-state index contributed by atoms with van der Waals surface area (Å²) >= 11 is 0. The molecule has 0 radical (unpaired) electrons. The van der Waals surface area contributed by atoms with E-state index in [2.05, 4.69) is 0 Å². The molecule has 0 aliphatic carbocycles. The Kier molecular flexibility index (Phi) is 4.09. The summed E-state index contributed by atoms with van der Waals surface area (Å²) in [5, 5.41) is 19.2. The number of carbonyl (C=O) groups is 1. The monoisotopic (exact) mass is 175 g/mol. The molecule has 1 aromatic carbocycles. The van der Waals surface area contributed by atoms with Crippen LogP contribution in [-0.2, 0) is 0 Å². The first-order valence-corrected chi connectivity index (χ1v) is 2.91. The number of phenols is 1. The van der Waals surface area contributed by atoms with E-state index < -0.39 is 5.97 Å². The number of benzene rings is 1. The van der Waals surface area contributed by atoms with Crippen LogP contribution in [0.4, 0.5) is 5.69 Å². The maximum absolute atomic E-state index is 10.2. The normalized spacial score (nSPS) is 8.67. The van der Waals surface area contributed by atoms with Crippen LogP contribution in [-0.4, -0.2) is 11.1 Å². The quantitative estimate of drug-likeness (QED) is 0.262. The molecule has 0 aliphatic rings. The SMILES string of the molecule is Nc1ccc(O)c(C(=O)[O-])c1.[Na+]. The molecule has 0 bridgehead atoms. The molecular formula is C7H6NNaO3. The van der Waals surface area contributed by atoms with Crippen LogP contribution >= 0.6 is 0 Å². The fraction of sp³-hybridized carbons (Fsp3) is 0. The standard InChI is InChI=1S/C7H7NO3.Na/c8-4-1-2-6(9)5(3-4)7(10)11;/h1-3,9H,8H2,(H,10,11);/q;+1/p-1. The Bertz CT molecular complexity index is 301. The molecular weight excluding hydrogens is 169 g/mol. The van der Waals surface area contributed by atoms with Crippen LogP contribution in [0, 0.1) is 0 Å². The Hall–Kier alpha value is -0.710. The molecule has 12 heavy (non-hydrogen) atoms. The second-order valence-corrected chi connectivity index (χ2v) is 2.06. The van der Waals surface area contributed by atoms with Crippen molar-refractivity contribution in [1.29, 1.82) is 0 Å². The van der Waals surface area contributed by atoms with Crippen molar-refractivity contribution >= 4 is 11.7 Å². The molecule has 0 fully saturated rings. The first-order chi connectivity index (χ1) is 5.11. The third-order valence-electron chi connectivity index (χ3n) is 1.24. The average Bonchev–Trinajstić information content (AvgIpc) is 1.94. The van der Waals surface area contributed by atoms with Crippen LogP contribution in [0.25, 0.3) is 0 Å². The van der Waals surface area contributed by atoms with Crippen molar-refractivity contribution in [1.82, 2.24) is 0 Å². The van der Waals surface area contributed by atoms with E-state index in [1.807, 2.05) is 0 Å². The van der Waals surface area contributed by atoms with Gasteiger partial charge in [0.15, 0.2) is 0 Å². The van der Waals surface area contributed by atoms with E-state index in [-0.39, 0.29) is 46.6 Å². The number of nitrogen functional groups attached to an aromatic ring is 1. The van der Waals surface area contributed by atoms with E-state index >= 15 is 0 Å². The summed E-state index contributed by atoms with van der Waals surface area (Å²) in [5.74, 6) is -1.77. The molecule has 0 atom stereocenters. The van der Waals surface area contributed by atoms with E-state index in [0.29, 0.717) is 0 Å². The predicted octanol–water partition coefficient (Wildman–Crippen LogP) is -3.66. The van der Waals surface area contributed by atoms with Gasteiger partial charge in [-0.05, 0) is 18.2 Å². The fourth-order valence-corrected chi connectivity index (χ4v) is 0.717. The minimum Gasteiger partial charge on any atom is -0.545 e. The smallest absolute Gasteiger partial charge is 0.545 e. The zero-order valence-corrected chi connectivity index (χ0v) is 8.57. The molecule has 0 amide bonds. The number of carboxylic acid groups (broad SMARTS) is 1. The summed E-state index contributed by atoms with van der Waals surface area (Å²) in [7, 11) is 0. The minimum absolute atomic E-state index is 0. The number of aromatic carboxylic acids is 1. The second kappa shape index (κ2) is 4.35. The number of hydrogen-bond donors (Lipinski definition) is 2. The number of hydrogen-bond acceptors (Lipinski definition) is 4. The molecule has 1 rings (SSSR count).